The Morgan fingerprint density at radius 2 is 1.89 bits per heavy atom. The summed E-state index contributed by atoms with van der Waals surface area (Å²) in [5.41, 5.74) is 1.15. The number of aromatic nitrogens is 1. The maximum absolute atomic E-state index is 12.9. The first-order chi connectivity index (χ1) is 16.8. The number of anilines is 1. The summed E-state index contributed by atoms with van der Waals surface area (Å²) in [6.45, 7) is 2.07. The maximum atomic E-state index is 12.9. The lowest BCUT2D eigenvalue weighted by Crippen LogP contribution is -2.54. The molecule has 12 nitrogen and oxygen atoms in total. The predicted octanol–water partition coefficient (Wildman–Crippen LogP) is 0.326. The molecule has 0 bridgehead atoms. The molecule has 1 aromatic heterocycles. The van der Waals surface area contributed by atoms with Gasteiger partial charge in [0.1, 0.15) is 11.8 Å². The van der Waals surface area contributed by atoms with Gasteiger partial charge >= 0.3 is 11.8 Å². The first-order valence-corrected chi connectivity index (χ1v) is 11.2. The highest BCUT2D eigenvalue weighted by Crippen LogP contribution is 2.28. The van der Waals surface area contributed by atoms with Gasteiger partial charge < -0.3 is 9.84 Å². The van der Waals surface area contributed by atoms with Crippen LogP contribution in [0, 0.1) is 0 Å². The number of nitrogens with zero attached hydrogens (tertiary/aromatic N) is 2. The van der Waals surface area contributed by atoms with E-state index in [1.54, 1.807) is 12.1 Å². The zero-order chi connectivity index (χ0) is 25.1. The smallest absolute Gasteiger partial charge is 0.314 e. The summed E-state index contributed by atoms with van der Waals surface area (Å²) in [6, 6.07) is 5.34. The van der Waals surface area contributed by atoms with Crippen molar-refractivity contribution in [2.24, 2.45) is 0 Å². The maximum Gasteiger partial charge on any atom is 0.314 e. The molecule has 3 heterocycles. The van der Waals surface area contributed by atoms with Gasteiger partial charge in [-0.1, -0.05) is 18.1 Å². The molecule has 0 radical (unpaired) electrons. The lowest BCUT2D eigenvalue weighted by Gasteiger charge is -2.27. The van der Waals surface area contributed by atoms with Gasteiger partial charge in [0.2, 0.25) is 11.8 Å². The topological polar surface area (TPSA) is 168 Å². The zero-order valence-electron chi connectivity index (χ0n) is 18.9. The molecular weight excluding hydrogens is 458 g/mol. The number of hydrogen-bond donors (Lipinski definition) is 3. The number of rotatable bonds is 7. The van der Waals surface area contributed by atoms with Crippen LogP contribution in [0.3, 0.4) is 0 Å². The molecule has 1 atom stereocenters. The molecule has 1 aromatic carbocycles. The number of nitrogens with one attached hydrogen (secondary N) is 3. The average molecular weight is 481 g/mol. The summed E-state index contributed by atoms with van der Waals surface area (Å²) < 4.78 is 4.96. The van der Waals surface area contributed by atoms with Crippen molar-refractivity contribution in [1.29, 1.82) is 0 Å². The Morgan fingerprint density at radius 3 is 2.60 bits per heavy atom. The molecular formula is C23H23N5O7. The second-order valence-corrected chi connectivity index (χ2v) is 8.17. The average Bonchev–Trinajstić information content (AvgIpc) is 3.39. The lowest BCUT2D eigenvalue weighted by molar-refractivity contribution is -0.136. The van der Waals surface area contributed by atoms with Crippen LogP contribution < -0.4 is 16.0 Å². The Labute approximate surface area is 199 Å². The molecule has 35 heavy (non-hydrogen) atoms. The molecule has 3 N–H and O–H groups in total. The molecule has 0 saturated carbocycles. The number of hydrogen-bond acceptors (Lipinski definition) is 8. The Balaban J connectivity index is 1.29. The molecule has 0 spiro atoms. The fraction of sp³-hybridized carbons (Fsp3) is 0.348. The third-order valence-corrected chi connectivity index (χ3v) is 5.79. The van der Waals surface area contributed by atoms with E-state index in [4.69, 9.17) is 4.52 Å². The van der Waals surface area contributed by atoms with E-state index in [0.29, 0.717) is 25.0 Å². The number of aryl methyl sites for hydroxylation is 2. The van der Waals surface area contributed by atoms with Gasteiger partial charge in [0, 0.05) is 25.5 Å². The standard InChI is InChI=1S/C23H23N5O7/c1-2-13-11-17(27-35-13)25-21(32)20(31)24-9-3-4-12-5-6-14-15(10-12)23(34)28(22(14)33)16-7-8-18(29)26-19(16)30/h5-6,10-11,16H,2-4,7-9H2,1H3,(H,24,31)(H,25,27,32)(H,26,29,30). The quantitative estimate of drug-likeness (QED) is 0.289. The fourth-order valence-corrected chi connectivity index (χ4v) is 3.96. The van der Waals surface area contributed by atoms with Crippen molar-refractivity contribution in [3.63, 3.8) is 0 Å². The second kappa shape index (κ2) is 9.87. The van der Waals surface area contributed by atoms with Crippen molar-refractivity contribution in [3.8, 4) is 0 Å². The lowest BCUT2D eigenvalue weighted by atomic mass is 10.0. The van der Waals surface area contributed by atoms with Gasteiger partial charge in [-0.15, -0.1) is 0 Å². The van der Waals surface area contributed by atoms with Crippen LogP contribution in [-0.4, -0.2) is 58.1 Å². The van der Waals surface area contributed by atoms with Gasteiger partial charge in [0.05, 0.1) is 11.1 Å². The largest absolute Gasteiger partial charge is 0.359 e. The van der Waals surface area contributed by atoms with E-state index in [0.717, 1.165) is 10.5 Å². The molecule has 2 aliphatic rings. The van der Waals surface area contributed by atoms with Crippen molar-refractivity contribution in [3.05, 3.63) is 46.7 Å². The van der Waals surface area contributed by atoms with Crippen molar-refractivity contribution in [2.45, 2.75) is 45.1 Å². The van der Waals surface area contributed by atoms with E-state index in [1.807, 2.05) is 6.92 Å². The highest BCUT2D eigenvalue weighted by atomic mass is 16.5. The molecule has 2 aliphatic heterocycles. The van der Waals surface area contributed by atoms with Crippen molar-refractivity contribution >= 4 is 41.3 Å². The third-order valence-electron chi connectivity index (χ3n) is 5.79. The van der Waals surface area contributed by atoms with Crippen molar-refractivity contribution in [2.75, 3.05) is 11.9 Å². The van der Waals surface area contributed by atoms with Crippen LogP contribution in [-0.2, 0) is 32.0 Å². The minimum absolute atomic E-state index is 0.0528. The number of piperidine rings is 1. The molecule has 182 valence electrons. The Hall–Kier alpha value is -4.35. The number of carbonyl (C=O) groups is 6. The minimum atomic E-state index is -1.02. The van der Waals surface area contributed by atoms with Crippen LogP contribution in [0.2, 0.25) is 0 Å². The molecule has 0 aliphatic carbocycles. The van der Waals surface area contributed by atoms with Gasteiger partial charge in [0.15, 0.2) is 5.82 Å². The minimum Gasteiger partial charge on any atom is -0.359 e. The fourth-order valence-electron chi connectivity index (χ4n) is 3.96. The van der Waals surface area contributed by atoms with E-state index in [-0.39, 0.29) is 36.3 Å². The normalized spacial score (nSPS) is 17.3. The van der Waals surface area contributed by atoms with Crippen molar-refractivity contribution < 1.29 is 33.3 Å². The van der Waals surface area contributed by atoms with E-state index in [1.165, 1.54) is 12.1 Å². The number of fused-ring (bicyclic) bond motifs is 1. The van der Waals surface area contributed by atoms with Gasteiger partial charge in [-0.25, -0.2) is 0 Å². The Morgan fingerprint density at radius 1 is 1.11 bits per heavy atom. The van der Waals surface area contributed by atoms with Crippen LogP contribution in [0.15, 0.2) is 28.8 Å². The summed E-state index contributed by atoms with van der Waals surface area (Å²) in [5, 5.41) is 10.7. The molecule has 4 rings (SSSR count). The summed E-state index contributed by atoms with van der Waals surface area (Å²) >= 11 is 0. The molecule has 1 saturated heterocycles. The zero-order valence-corrected chi connectivity index (χ0v) is 18.9. The Bertz CT molecular complexity index is 1230. The summed E-state index contributed by atoms with van der Waals surface area (Å²) in [7, 11) is 0. The SMILES string of the molecule is CCc1cc(NC(=O)C(=O)NCCCc2ccc3c(c2)C(=O)N(C2CCC(=O)NC2=O)C3=O)no1. The van der Waals surface area contributed by atoms with Crippen LogP contribution in [0.25, 0.3) is 0 Å². The highest BCUT2D eigenvalue weighted by Gasteiger charge is 2.44. The predicted molar refractivity (Wildman–Crippen MR) is 119 cm³/mol. The monoisotopic (exact) mass is 481 g/mol. The van der Waals surface area contributed by atoms with Gasteiger partial charge in [-0.2, -0.15) is 0 Å². The first-order valence-electron chi connectivity index (χ1n) is 11.2. The molecule has 6 amide bonds. The number of amides is 6. The van der Waals surface area contributed by atoms with Crippen LogP contribution in [0.1, 0.15) is 58.2 Å². The third kappa shape index (κ3) is 4.95. The number of benzene rings is 1. The van der Waals surface area contributed by atoms with Crippen LogP contribution >= 0.6 is 0 Å². The van der Waals surface area contributed by atoms with Crippen LogP contribution in [0.4, 0.5) is 5.82 Å². The summed E-state index contributed by atoms with van der Waals surface area (Å²) in [6.07, 6.45) is 1.69. The summed E-state index contributed by atoms with van der Waals surface area (Å²) in [5.74, 6) is -3.19. The van der Waals surface area contributed by atoms with Crippen LogP contribution in [0.5, 0.6) is 0 Å². The van der Waals surface area contributed by atoms with E-state index in [9.17, 15) is 28.8 Å². The first kappa shape index (κ1) is 23.8. The van der Waals surface area contributed by atoms with Gasteiger partial charge in [-0.05, 0) is 37.0 Å². The molecule has 1 unspecified atom stereocenters. The van der Waals surface area contributed by atoms with E-state index in [2.05, 4.69) is 21.1 Å². The second-order valence-electron chi connectivity index (χ2n) is 8.17. The molecule has 2 aromatic rings. The van der Waals surface area contributed by atoms with E-state index < -0.39 is 41.5 Å². The number of imide groups is 2. The highest BCUT2D eigenvalue weighted by molar-refractivity contribution is 6.39. The Kier molecular flexibility index (Phi) is 6.71. The van der Waals surface area contributed by atoms with Gasteiger partial charge in [0.25, 0.3) is 11.8 Å². The number of carbonyl (C=O) groups excluding carboxylic acids is 6. The summed E-state index contributed by atoms with van der Waals surface area (Å²) in [4.78, 5) is 74.0. The molecule has 12 heteroatoms. The molecule has 1 fully saturated rings. The van der Waals surface area contributed by atoms with Crippen molar-refractivity contribution in [1.82, 2.24) is 20.7 Å². The van der Waals surface area contributed by atoms with Gasteiger partial charge in [-0.3, -0.25) is 44.3 Å². The van der Waals surface area contributed by atoms with E-state index >= 15 is 0 Å².